The highest BCUT2D eigenvalue weighted by Crippen LogP contribution is 2.25. The lowest BCUT2D eigenvalue weighted by Gasteiger charge is -2.29. The maximum atomic E-state index is 12.6. The quantitative estimate of drug-likeness (QED) is 0.0257. The zero-order chi connectivity index (χ0) is 45.7. The lowest BCUT2D eigenvalue weighted by molar-refractivity contribution is -0.217. The summed E-state index contributed by atoms with van der Waals surface area (Å²) < 4.78 is 15.5. The lowest BCUT2D eigenvalue weighted by atomic mass is 9.88. The Labute approximate surface area is 369 Å². The van der Waals surface area contributed by atoms with Gasteiger partial charge in [0.15, 0.2) is 0 Å². The summed E-state index contributed by atoms with van der Waals surface area (Å²) in [6, 6.07) is 20.0. The van der Waals surface area contributed by atoms with E-state index in [1.54, 1.807) is 79.7 Å². The smallest absolute Gasteiger partial charge is 0.431 e. The Morgan fingerprint density at radius 3 is 0.873 bits per heavy atom. The van der Waals surface area contributed by atoms with Crippen LogP contribution in [0.2, 0.25) is 0 Å². The Kier molecular flexibility index (Phi) is 23.8. The Hall–Kier alpha value is -6.12. The molecule has 0 atom stereocenters. The van der Waals surface area contributed by atoms with Gasteiger partial charge in [0.25, 0.3) is 0 Å². The van der Waals surface area contributed by atoms with Gasteiger partial charge in [-0.25, -0.2) is 43.7 Å². The van der Waals surface area contributed by atoms with Crippen molar-refractivity contribution in [3.63, 3.8) is 0 Å². The van der Waals surface area contributed by atoms with Crippen LogP contribution in [0.1, 0.15) is 159 Å². The fraction of sp³-hybridized carbons (Fsp3) is 0.500. The minimum Gasteiger partial charge on any atom is -0.431 e. The first-order valence-electron chi connectivity index (χ1n) is 21.9. The standard InChI is InChI=1S/C48H62O15/c1-5-9-12-15-18-36-21-27-39(28-22-36)42(49)58-61-45(52)55-33-48(8-4,34-56-46(53)62-59-43(50)40-29-23-37(24-30-40)19-16-13-10-6-2)35-57-47(54)63-60-44(51)41-31-25-38(26-32-41)20-17-14-11-7-3/h21-32H,5-20,33-35H2,1-4H3. The third-order valence-electron chi connectivity index (χ3n) is 10.3. The molecule has 63 heavy (non-hydrogen) atoms. The maximum Gasteiger partial charge on any atom is 0.549 e. The van der Waals surface area contributed by atoms with E-state index in [4.69, 9.17) is 14.2 Å². The van der Waals surface area contributed by atoms with Crippen molar-refractivity contribution in [2.24, 2.45) is 5.41 Å². The van der Waals surface area contributed by atoms with Crippen molar-refractivity contribution < 1.29 is 72.3 Å². The van der Waals surface area contributed by atoms with Gasteiger partial charge in [-0.1, -0.05) is 122 Å². The average Bonchev–Trinajstić information content (AvgIpc) is 3.31. The summed E-state index contributed by atoms with van der Waals surface area (Å²) in [5.74, 6) is -2.86. The van der Waals surface area contributed by atoms with Crippen LogP contribution in [0.15, 0.2) is 72.8 Å². The van der Waals surface area contributed by atoms with E-state index in [-0.39, 0.29) is 23.1 Å². The number of aryl methyl sites for hydroxylation is 3. The highest BCUT2D eigenvalue weighted by Gasteiger charge is 2.36. The van der Waals surface area contributed by atoms with Gasteiger partial charge in [-0.3, -0.25) is 0 Å². The van der Waals surface area contributed by atoms with E-state index < -0.39 is 61.6 Å². The highest BCUT2D eigenvalue weighted by molar-refractivity contribution is 5.90. The Balaban J connectivity index is 1.56. The summed E-state index contributed by atoms with van der Waals surface area (Å²) in [6.07, 6.45) is 11.5. The molecule has 0 heterocycles. The van der Waals surface area contributed by atoms with Gasteiger partial charge in [0.05, 0.1) is 22.1 Å². The van der Waals surface area contributed by atoms with E-state index in [0.717, 1.165) is 113 Å². The molecule has 3 aromatic rings. The number of hydrogen-bond acceptors (Lipinski definition) is 15. The van der Waals surface area contributed by atoms with E-state index in [9.17, 15) is 28.8 Å². The van der Waals surface area contributed by atoms with Gasteiger partial charge in [-0.2, -0.15) is 14.4 Å². The van der Waals surface area contributed by atoms with Crippen molar-refractivity contribution in [2.45, 2.75) is 130 Å². The number of unbranched alkanes of at least 4 members (excludes halogenated alkanes) is 9. The van der Waals surface area contributed by atoms with Gasteiger partial charge in [0.2, 0.25) is 0 Å². The molecule has 15 nitrogen and oxygen atoms in total. The molecule has 0 spiro atoms. The molecule has 344 valence electrons. The second-order valence-electron chi connectivity index (χ2n) is 15.4. The van der Waals surface area contributed by atoms with Gasteiger partial charge in [0, 0.05) is 0 Å². The molecule has 0 N–H and O–H groups in total. The summed E-state index contributed by atoms with van der Waals surface area (Å²) in [6.45, 7) is 6.09. The van der Waals surface area contributed by atoms with E-state index in [1.165, 1.54) is 0 Å². The molecule has 0 unspecified atom stereocenters. The van der Waals surface area contributed by atoms with E-state index in [1.807, 2.05) is 0 Å². The normalized spacial score (nSPS) is 10.9. The third kappa shape index (κ3) is 20.1. The van der Waals surface area contributed by atoms with Crippen LogP contribution < -0.4 is 0 Å². The molecule has 0 bridgehead atoms. The van der Waals surface area contributed by atoms with Crippen LogP contribution in [0.5, 0.6) is 0 Å². The average molecular weight is 879 g/mol. The molecule has 3 aromatic carbocycles. The first kappa shape index (κ1) is 51.2. The number of carbonyl (C=O) groups excluding carboxylic acids is 6. The van der Waals surface area contributed by atoms with E-state index in [2.05, 4.69) is 50.1 Å². The first-order valence-corrected chi connectivity index (χ1v) is 21.9. The van der Waals surface area contributed by atoms with Crippen molar-refractivity contribution in [3.05, 3.63) is 106 Å². The largest absolute Gasteiger partial charge is 0.549 e. The molecule has 15 heteroatoms. The number of rotatable bonds is 25. The van der Waals surface area contributed by atoms with Crippen molar-refractivity contribution in [1.29, 1.82) is 0 Å². The summed E-state index contributed by atoms with van der Waals surface area (Å²) >= 11 is 0. The number of carbonyl (C=O) groups is 6. The van der Waals surface area contributed by atoms with E-state index in [0.29, 0.717) is 0 Å². The zero-order valence-electron chi connectivity index (χ0n) is 37.0. The molecule has 0 aliphatic heterocycles. The van der Waals surface area contributed by atoms with Gasteiger partial charge < -0.3 is 14.2 Å². The molecule has 3 rings (SSSR count). The summed E-state index contributed by atoms with van der Waals surface area (Å²) in [7, 11) is 0. The van der Waals surface area contributed by atoms with Gasteiger partial charge >= 0.3 is 36.4 Å². The Morgan fingerprint density at radius 2 is 0.635 bits per heavy atom. The van der Waals surface area contributed by atoms with Gasteiger partial charge in [-0.15, -0.1) is 0 Å². The number of hydrogen-bond donors (Lipinski definition) is 0. The van der Waals surface area contributed by atoms with Crippen molar-refractivity contribution in [2.75, 3.05) is 19.8 Å². The van der Waals surface area contributed by atoms with Crippen LogP contribution in [0.4, 0.5) is 14.4 Å². The number of benzene rings is 3. The minimum absolute atomic E-state index is 0.0145. The molecule has 0 saturated heterocycles. The first-order chi connectivity index (χ1) is 30.5. The van der Waals surface area contributed by atoms with E-state index >= 15 is 0 Å². The third-order valence-corrected chi connectivity index (χ3v) is 10.3. The van der Waals surface area contributed by atoms with Crippen LogP contribution in [0, 0.1) is 5.41 Å². The summed E-state index contributed by atoms with van der Waals surface area (Å²) in [5.41, 5.74) is 2.02. The topological polar surface area (TPSA) is 185 Å². The highest BCUT2D eigenvalue weighted by atomic mass is 17.2. The maximum absolute atomic E-state index is 12.6. The Morgan fingerprint density at radius 1 is 0.365 bits per heavy atom. The molecular formula is C48H62O15. The van der Waals surface area contributed by atoms with Crippen molar-refractivity contribution in [3.8, 4) is 0 Å². The van der Waals surface area contributed by atoms with Gasteiger partial charge in [-0.05, 0) is 98.0 Å². The van der Waals surface area contributed by atoms with Crippen molar-refractivity contribution >= 4 is 36.4 Å². The summed E-state index contributed by atoms with van der Waals surface area (Å²) in [4.78, 5) is 103. The molecule has 0 aliphatic rings. The fourth-order valence-corrected chi connectivity index (χ4v) is 6.19. The van der Waals surface area contributed by atoms with Crippen molar-refractivity contribution in [1.82, 2.24) is 0 Å². The van der Waals surface area contributed by atoms with Crippen LogP contribution >= 0.6 is 0 Å². The Bertz CT molecular complexity index is 1630. The molecule has 0 radical (unpaired) electrons. The minimum atomic E-state index is -1.51. The summed E-state index contributed by atoms with van der Waals surface area (Å²) in [5, 5.41) is 0. The molecule has 0 aliphatic carbocycles. The predicted octanol–water partition coefficient (Wildman–Crippen LogP) is 11.5. The van der Waals surface area contributed by atoms with Gasteiger partial charge in [0.1, 0.15) is 19.8 Å². The fourth-order valence-electron chi connectivity index (χ4n) is 6.19. The molecule has 0 aromatic heterocycles. The predicted molar refractivity (Wildman–Crippen MR) is 229 cm³/mol. The zero-order valence-corrected chi connectivity index (χ0v) is 37.0. The van der Waals surface area contributed by atoms with Crippen LogP contribution in [-0.4, -0.2) is 56.2 Å². The SMILES string of the molecule is CCCCCCc1ccc(C(=O)OOC(=O)OCC(CC)(COC(=O)OOC(=O)c2ccc(CCCCCC)cc2)COC(=O)OOC(=O)c2ccc(CCCCCC)cc2)cc1. The monoisotopic (exact) mass is 878 g/mol. The second-order valence-corrected chi connectivity index (χ2v) is 15.4. The van der Waals surface area contributed by atoms with Crippen LogP contribution in [0.25, 0.3) is 0 Å². The lowest BCUT2D eigenvalue weighted by Crippen LogP contribution is -2.39. The number of ether oxygens (including phenoxy) is 3. The molecular weight excluding hydrogens is 817 g/mol. The molecule has 0 fully saturated rings. The molecule has 0 saturated carbocycles. The molecule has 0 amide bonds. The van der Waals surface area contributed by atoms with Crippen LogP contribution in [-0.2, 0) is 62.8 Å². The second kappa shape index (κ2) is 29.2. The van der Waals surface area contributed by atoms with Crippen LogP contribution in [0.3, 0.4) is 0 Å².